The van der Waals surface area contributed by atoms with Crippen LogP contribution in [0.4, 0.5) is 0 Å². The van der Waals surface area contributed by atoms with E-state index in [1.165, 1.54) is 24.6 Å². The van der Waals surface area contributed by atoms with Crippen molar-refractivity contribution in [1.82, 2.24) is 9.80 Å². The number of likely N-dealkylation sites (tertiary alicyclic amines) is 2. The lowest BCUT2D eigenvalue weighted by Gasteiger charge is -2.31. The van der Waals surface area contributed by atoms with E-state index in [0.29, 0.717) is 12.3 Å². The molecule has 2 heterocycles. The summed E-state index contributed by atoms with van der Waals surface area (Å²) in [6, 6.07) is 0. The molecule has 1 unspecified atom stereocenters. The third-order valence-corrected chi connectivity index (χ3v) is 4.81. The maximum Gasteiger partial charge on any atom is 0.223 e. The lowest BCUT2D eigenvalue weighted by molar-refractivity contribution is -0.128. The third-order valence-electron chi connectivity index (χ3n) is 3.83. The fourth-order valence-electron chi connectivity index (χ4n) is 2.78. The van der Waals surface area contributed by atoms with Crippen molar-refractivity contribution in [2.45, 2.75) is 31.4 Å². The molecule has 2 aliphatic heterocycles. The Labute approximate surface area is 113 Å². The minimum atomic E-state index is 0.119. The fraction of sp³-hybridized carbons (Fsp3) is 0.846. The Morgan fingerprint density at radius 2 is 2.06 bits per heavy atom. The molecule has 0 N–H and O–H groups in total. The average molecular weight is 270 g/mol. The number of rotatable bonds is 3. The summed E-state index contributed by atoms with van der Waals surface area (Å²) >= 11 is 1.32. The van der Waals surface area contributed by atoms with E-state index in [-0.39, 0.29) is 16.3 Å². The lowest BCUT2D eigenvalue weighted by Crippen LogP contribution is -2.37. The Bertz CT molecular complexity index is 327. The van der Waals surface area contributed by atoms with Crippen molar-refractivity contribution >= 4 is 22.8 Å². The Kier molecular flexibility index (Phi) is 4.67. The van der Waals surface area contributed by atoms with Crippen molar-refractivity contribution in [1.29, 1.82) is 0 Å². The molecular weight excluding hydrogens is 248 g/mol. The molecular formula is C13H22N2O2S. The Morgan fingerprint density at radius 3 is 2.67 bits per heavy atom. The molecule has 2 fully saturated rings. The van der Waals surface area contributed by atoms with Gasteiger partial charge in [-0.25, -0.2) is 0 Å². The second-order valence-electron chi connectivity index (χ2n) is 5.48. The number of piperidine rings is 1. The van der Waals surface area contributed by atoms with Crippen molar-refractivity contribution in [3.05, 3.63) is 0 Å². The Hall–Kier alpha value is -0.550. The molecule has 1 atom stereocenters. The van der Waals surface area contributed by atoms with E-state index < -0.39 is 0 Å². The molecule has 0 saturated carbocycles. The van der Waals surface area contributed by atoms with E-state index in [2.05, 4.69) is 11.9 Å². The van der Waals surface area contributed by atoms with Crippen LogP contribution in [0.25, 0.3) is 0 Å². The van der Waals surface area contributed by atoms with E-state index in [4.69, 9.17) is 0 Å². The molecule has 0 spiro atoms. The SMILES string of the molecule is CC(=O)SC1CC(=O)N(CC2CCN(C)CC2)C1. The van der Waals surface area contributed by atoms with Gasteiger partial charge in [0.15, 0.2) is 5.12 Å². The minimum Gasteiger partial charge on any atom is -0.341 e. The van der Waals surface area contributed by atoms with Crippen LogP contribution in [-0.2, 0) is 9.59 Å². The summed E-state index contributed by atoms with van der Waals surface area (Å²) in [6.07, 6.45) is 2.91. The summed E-state index contributed by atoms with van der Waals surface area (Å²) in [5.41, 5.74) is 0. The molecule has 102 valence electrons. The standard InChI is InChI=1S/C13H22N2O2S/c1-10(16)18-12-7-13(17)15(9-12)8-11-3-5-14(2)6-4-11/h11-12H,3-9H2,1-2H3. The van der Waals surface area contributed by atoms with Gasteiger partial charge in [0.1, 0.15) is 0 Å². The molecule has 1 amide bonds. The van der Waals surface area contributed by atoms with E-state index in [9.17, 15) is 9.59 Å². The maximum absolute atomic E-state index is 11.9. The highest BCUT2D eigenvalue weighted by atomic mass is 32.2. The van der Waals surface area contributed by atoms with Gasteiger partial charge in [-0.05, 0) is 38.9 Å². The van der Waals surface area contributed by atoms with Crippen LogP contribution in [0.1, 0.15) is 26.2 Å². The molecule has 2 rings (SSSR count). The van der Waals surface area contributed by atoms with Crippen molar-refractivity contribution in [2.24, 2.45) is 5.92 Å². The number of carbonyl (C=O) groups is 2. The number of thioether (sulfide) groups is 1. The topological polar surface area (TPSA) is 40.6 Å². The zero-order valence-corrected chi connectivity index (χ0v) is 12.0. The molecule has 5 heteroatoms. The Morgan fingerprint density at radius 1 is 1.39 bits per heavy atom. The number of carbonyl (C=O) groups excluding carboxylic acids is 2. The zero-order valence-electron chi connectivity index (χ0n) is 11.2. The van der Waals surface area contributed by atoms with Crippen molar-refractivity contribution in [2.75, 3.05) is 33.2 Å². The quantitative estimate of drug-likeness (QED) is 0.773. The van der Waals surface area contributed by atoms with Crippen LogP contribution in [-0.4, -0.2) is 59.3 Å². The van der Waals surface area contributed by atoms with Gasteiger partial charge in [0.25, 0.3) is 0 Å². The molecule has 0 aromatic rings. The number of hydrogen-bond acceptors (Lipinski definition) is 4. The van der Waals surface area contributed by atoms with E-state index in [0.717, 1.165) is 26.2 Å². The van der Waals surface area contributed by atoms with Crippen LogP contribution < -0.4 is 0 Å². The molecule has 0 aromatic heterocycles. The van der Waals surface area contributed by atoms with E-state index in [1.54, 1.807) is 6.92 Å². The Balaban J connectivity index is 1.79. The van der Waals surface area contributed by atoms with Gasteiger partial charge in [0, 0.05) is 31.7 Å². The summed E-state index contributed by atoms with van der Waals surface area (Å²) in [7, 11) is 2.15. The zero-order chi connectivity index (χ0) is 13.1. The second kappa shape index (κ2) is 6.06. The van der Waals surface area contributed by atoms with Crippen LogP contribution in [0, 0.1) is 5.92 Å². The fourth-order valence-corrected chi connectivity index (χ4v) is 3.73. The van der Waals surface area contributed by atoms with Crippen LogP contribution >= 0.6 is 11.8 Å². The molecule has 2 aliphatic rings. The van der Waals surface area contributed by atoms with Gasteiger partial charge in [-0.1, -0.05) is 11.8 Å². The van der Waals surface area contributed by atoms with Gasteiger partial charge in [-0.15, -0.1) is 0 Å². The first-order chi connectivity index (χ1) is 8.54. The predicted molar refractivity (Wildman–Crippen MR) is 73.5 cm³/mol. The summed E-state index contributed by atoms with van der Waals surface area (Å²) in [6.45, 7) is 5.50. The molecule has 0 aromatic carbocycles. The van der Waals surface area contributed by atoms with Crippen molar-refractivity contribution in [3.8, 4) is 0 Å². The molecule has 2 saturated heterocycles. The maximum atomic E-state index is 11.9. The van der Waals surface area contributed by atoms with Crippen LogP contribution in [0.2, 0.25) is 0 Å². The molecule has 18 heavy (non-hydrogen) atoms. The first-order valence-electron chi connectivity index (χ1n) is 6.68. The highest BCUT2D eigenvalue weighted by molar-refractivity contribution is 8.14. The second-order valence-corrected chi connectivity index (χ2v) is 6.96. The highest BCUT2D eigenvalue weighted by Crippen LogP contribution is 2.26. The van der Waals surface area contributed by atoms with Crippen LogP contribution in [0.5, 0.6) is 0 Å². The smallest absolute Gasteiger partial charge is 0.223 e. The highest BCUT2D eigenvalue weighted by Gasteiger charge is 2.32. The van der Waals surface area contributed by atoms with Gasteiger partial charge in [-0.3, -0.25) is 9.59 Å². The summed E-state index contributed by atoms with van der Waals surface area (Å²) in [5.74, 6) is 0.874. The molecule has 4 nitrogen and oxygen atoms in total. The molecule has 0 radical (unpaired) electrons. The summed E-state index contributed by atoms with van der Waals surface area (Å²) in [4.78, 5) is 27.3. The first kappa shape index (κ1) is 13.9. The molecule has 0 bridgehead atoms. The third kappa shape index (κ3) is 3.72. The summed E-state index contributed by atoms with van der Waals surface area (Å²) < 4.78 is 0. The van der Waals surface area contributed by atoms with Gasteiger partial charge in [0.05, 0.1) is 0 Å². The van der Waals surface area contributed by atoms with Gasteiger partial charge in [-0.2, -0.15) is 0 Å². The van der Waals surface area contributed by atoms with E-state index in [1.807, 2.05) is 4.90 Å². The van der Waals surface area contributed by atoms with Gasteiger partial charge >= 0.3 is 0 Å². The van der Waals surface area contributed by atoms with Crippen molar-refractivity contribution in [3.63, 3.8) is 0 Å². The summed E-state index contributed by atoms with van der Waals surface area (Å²) in [5, 5.41) is 0.301. The first-order valence-corrected chi connectivity index (χ1v) is 7.56. The average Bonchev–Trinajstić information content (AvgIpc) is 2.61. The number of nitrogens with zero attached hydrogens (tertiary/aromatic N) is 2. The normalized spacial score (nSPS) is 26.9. The van der Waals surface area contributed by atoms with Crippen LogP contribution in [0.3, 0.4) is 0 Å². The van der Waals surface area contributed by atoms with E-state index >= 15 is 0 Å². The van der Waals surface area contributed by atoms with Crippen molar-refractivity contribution < 1.29 is 9.59 Å². The van der Waals surface area contributed by atoms with Gasteiger partial charge in [0.2, 0.25) is 5.91 Å². The van der Waals surface area contributed by atoms with Crippen LogP contribution in [0.15, 0.2) is 0 Å². The minimum absolute atomic E-state index is 0.119. The molecule has 0 aliphatic carbocycles. The largest absolute Gasteiger partial charge is 0.341 e. The number of amides is 1. The predicted octanol–water partition coefficient (Wildman–Crippen LogP) is 1.21. The monoisotopic (exact) mass is 270 g/mol. The number of hydrogen-bond donors (Lipinski definition) is 0. The lowest BCUT2D eigenvalue weighted by atomic mass is 9.97. The van der Waals surface area contributed by atoms with Gasteiger partial charge < -0.3 is 9.80 Å².